The highest BCUT2D eigenvalue weighted by Crippen LogP contribution is 2.22. The molecule has 0 spiro atoms. The third kappa shape index (κ3) is 4.29. The van der Waals surface area contributed by atoms with E-state index in [0.29, 0.717) is 10.7 Å². The molecule has 0 radical (unpaired) electrons. The first kappa shape index (κ1) is 15.5. The van der Waals surface area contributed by atoms with Crippen molar-refractivity contribution in [1.82, 2.24) is 5.43 Å². The van der Waals surface area contributed by atoms with E-state index in [9.17, 15) is 9.59 Å². The summed E-state index contributed by atoms with van der Waals surface area (Å²) in [6.45, 7) is 1.78. The number of hydrogen-bond acceptors (Lipinski definition) is 3. The molecule has 1 saturated carbocycles. The minimum absolute atomic E-state index is 0.521. The molecule has 0 heterocycles. The van der Waals surface area contributed by atoms with Crippen LogP contribution in [0.5, 0.6) is 0 Å². The fraction of sp³-hybridized carbons (Fsp3) is 0.400. The molecule has 1 aromatic carbocycles. The Balaban J connectivity index is 1.93. The van der Waals surface area contributed by atoms with Gasteiger partial charge in [-0.05, 0) is 50.3 Å². The van der Waals surface area contributed by atoms with Crippen molar-refractivity contribution in [3.8, 4) is 0 Å². The van der Waals surface area contributed by atoms with Crippen LogP contribution in [0.3, 0.4) is 0 Å². The van der Waals surface area contributed by atoms with Gasteiger partial charge in [0.1, 0.15) is 0 Å². The maximum Gasteiger partial charge on any atom is 0.329 e. The van der Waals surface area contributed by atoms with Gasteiger partial charge in [0.25, 0.3) is 0 Å². The Labute approximate surface area is 128 Å². The molecule has 5 nitrogen and oxygen atoms in total. The van der Waals surface area contributed by atoms with Gasteiger partial charge in [-0.25, -0.2) is 5.43 Å². The van der Waals surface area contributed by atoms with E-state index in [1.807, 2.05) is 0 Å². The summed E-state index contributed by atoms with van der Waals surface area (Å²) in [4.78, 5) is 23.5. The lowest BCUT2D eigenvalue weighted by atomic mass is 9.99. The number of carbonyl (C=O) groups excluding carboxylic acids is 2. The molecule has 2 amide bonds. The Morgan fingerprint density at radius 2 is 1.86 bits per heavy atom. The highest BCUT2D eigenvalue weighted by molar-refractivity contribution is 6.40. The van der Waals surface area contributed by atoms with Crippen molar-refractivity contribution in [3.05, 3.63) is 28.8 Å². The monoisotopic (exact) mass is 307 g/mol. The summed E-state index contributed by atoms with van der Waals surface area (Å²) in [5.41, 5.74) is 4.50. The smallest absolute Gasteiger partial charge is 0.317 e. The molecule has 0 aromatic heterocycles. The minimum Gasteiger partial charge on any atom is -0.317 e. The molecule has 1 aromatic rings. The van der Waals surface area contributed by atoms with Crippen molar-refractivity contribution >= 4 is 34.8 Å². The fourth-order valence-corrected chi connectivity index (χ4v) is 2.35. The highest BCUT2D eigenvalue weighted by atomic mass is 35.5. The summed E-state index contributed by atoms with van der Waals surface area (Å²) < 4.78 is 0. The van der Waals surface area contributed by atoms with E-state index in [-0.39, 0.29) is 0 Å². The minimum atomic E-state index is -0.771. The Bertz CT molecular complexity index is 576. The zero-order chi connectivity index (χ0) is 15.2. The van der Waals surface area contributed by atoms with Crippen LogP contribution in [0.1, 0.15) is 37.7 Å². The summed E-state index contributed by atoms with van der Waals surface area (Å²) in [6.07, 6.45) is 5.14. The number of nitrogens with one attached hydrogen (secondary N) is 2. The van der Waals surface area contributed by atoms with Crippen LogP contribution >= 0.6 is 11.6 Å². The predicted octanol–water partition coefficient (Wildman–Crippen LogP) is 3.02. The number of benzene rings is 1. The number of anilines is 1. The van der Waals surface area contributed by atoms with Gasteiger partial charge in [-0.1, -0.05) is 24.1 Å². The second-order valence-electron chi connectivity index (χ2n) is 5.05. The van der Waals surface area contributed by atoms with Gasteiger partial charge in [0.2, 0.25) is 0 Å². The number of hydrazone groups is 1. The first-order valence-corrected chi connectivity index (χ1v) is 7.37. The van der Waals surface area contributed by atoms with E-state index in [1.54, 1.807) is 25.1 Å². The molecule has 0 bridgehead atoms. The van der Waals surface area contributed by atoms with Crippen LogP contribution < -0.4 is 10.7 Å². The molecule has 1 aliphatic rings. The fourth-order valence-electron chi connectivity index (χ4n) is 2.17. The topological polar surface area (TPSA) is 70.6 Å². The standard InChI is InChI=1S/C15H18ClN3O2/c1-10-12(16)8-5-9-13(10)17-14(20)15(21)19-18-11-6-3-2-4-7-11/h5,8-9H,2-4,6-7H2,1H3,(H,17,20)(H,19,21). The third-order valence-electron chi connectivity index (χ3n) is 3.47. The van der Waals surface area contributed by atoms with Crippen LogP contribution in [0.15, 0.2) is 23.3 Å². The van der Waals surface area contributed by atoms with Crippen LogP contribution in [0, 0.1) is 6.92 Å². The van der Waals surface area contributed by atoms with Crippen molar-refractivity contribution in [1.29, 1.82) is 0 Å². The molecule has 2 N–H and O–H groups in total. The average Bonchev–Trinajstić information content (AvgIpc) is 2.50. The van der Waals surface area contributed by atoms with Gasteiger partial charge in [0, 0.05) is 16.4 Å². The molecular weight excluding hydrogens is 290 g/mol. The summed E-state index contributed by atoms with van der Waals surface area (Å²) in [5.74, 6) is -1.52. The predicted molar refractivity (Wildman–Crippen MR) is 83.5 cm³/mol. The molecule has 0 aliphatic heterocycles. The number of rotatable bonds is 2. The molecule has 0 unspecified atom stereocenters. The Hall–Kier alpha value is -1.88. The molecule has 0 saturated heterocycles. The van der Waals surface area contributed by atoms with Crippen molar-refractivity contribution in [2.45, 2.75) is 39.0 Å². The maximum absolute atomic E-state index is 11.8. The summed E-state index contributed by atoms with van der Waals surface area (Å²) in [6, 6.07) is 5.13. The van der Waals surface area contributed by atoms with Crippen LogP contribution in [-0.4, -0.2) is 17.5 Å². The van der Waals surface area contributed by atoms with E-state index >= 15 is 0 Å². The summed E-state index contributed by atoms with van der Waals surface area (Å²) in [7, 11) is 0. The van der Waals surface area contributed by atoms with Crippen molar-refractivity contribution < 1.29 is 9.59 Å². The van der Waals surface area contributed by atoms with Gasteiger partial charge in [-0.15, -0.1) is 0 Å². The molecular formula is C15H18ClN3O2. The molecule has 21 heavy (non-hydrogen) atoms. The van der Waals surface area contributed by atoms with Gasteiger partial charge in [0.05, 0.1) is 0 Å². The van der Waals surface area contributed by atoms with Gasteiger partial charge < -0.3 is 5.32 Å². The van der Waals surface area contributed by atoms with Gasteiger partial charge in [-0.3, -0.25) is 9.59 Å². The number of carbonyl (C=O) groups is 2. The van der Waals surface area contributed by atoms with E-state index in [1.165, 1.54) is 6.42 Å². The molecule has 0 atom stereocenters. The van der Waals surface area contributed by atoms with E-state index in [0.717, 1.165) is 37.0 Å². The maximum atomic E-state index is 11.8. The average molecular weight is 308 g/mol. The normalized spacial score (nSPS) is 14.5. The van der Waals surface area contributed by atoms with Crippen LogP contribution in [-0.2, 0) is 9.59 Å². The van der Waals surface area contributed by atoms with Crippen molar-refractivity contribution in [3.63, 3.8) is 0 Å². The van der Waals surface area contributed by atoms with Crippen molar-refractivity contribution in [2.75, 3.05) is 5.32 Å². The van der Waals surface area contributed by atoms with Crippen LogP contribution in [0.4, 0.5) is 5.69 Å². The SMILES string of the molecule is Cc1c(Cl)cccc1NC(=O)C(=O)NN=C1CCCCC1. The van der Waals surface area contributed by atoms with E-state index in [2.05, 4.69) is 15.8 Å². The Morgan fingerprint density at radius 3 is 2.57 bits per heavy atom. The quantitative estimate of drug-likeness (QED) is 0.651. The van der Waals surface area contributed by atoms with Gasteiger partial charge in [0.15, 0.2) is 0 Å². The zero-order valence-electron chi connectivity index (χ0n) is 11.9. The summed E-state index contributed by atoms with van der Waals surface area (Å²) >= 11 is 5.97. The van der Waals surface area contributed by atoms with Crippen LogP contribution in [0.25, 0.3) is 0 Å². The number of hydrogen-bond donors (Lipinski definition) is 2. The Morgan fingerprint density at radius 1 is 1.14 bits per heavy atom. The molecule has 2 rings (SSSR count). The lowest BCUT2D eigenvalue weighted by Gasteiger charge is -2.12. The van der Waals surface area contributed by atoms with Gasteiger partial charge >= 0.3 is 11.8 Å². The van der Waals surface area contributed by atoms with Gasteiger partial charge in [-0.2, -0.15) is 5.10 Å². The second-order valence-corrected chi connectivity index (χ2v) is 5.45. The largest absolute Gasteiger partial charge is 0.329 e. The highest BCUT2D eigenvalue weighted by Gasteiger charge is 2.15. The molecule has 1 fully saturated rings. The number of amides is 2. The van der Waals surface area contributed by atoms with E-state index in [4.69, 9.17) is 11.6 Å². The Kier molecular flexibility index (Phi) is 5.33. The number of halogens is 1. The first-order chi connectivity index (χ1) is 10.1. The second kappa shape index (κ2) is 7.22. The zero-order valence-corrected chi connectivity index (χ0v) is 12.7. The van der Waals surface area contributed by atoms with Crippen LogP contribution in [0.2, 0.25) is 5.02 Å². The van der Waals surface area contributed by atoms with E-state index < -0.39 is 11.8 Å². The first-order valence-electron chi connectivity index (χ1n) is 7.00. The number of nitrogens with zero attached hydrogens (tertiary/aromatic N) is 1. The van der Waals surface area contributed by atoms with Crippen molar-refractivity contribution in [2.24, 2.45) is 5.10 Å². The molecule has 1 aliphatic carbocycles. The lowest BCUT2D eigenvalue weighted by molar-refractivity contribution is -0.136. The summed E-state index contributed by atoms with van der Waals surface area (Å²) in [5, 5.41) is 7.09. The third-order valence-corrected chi connectivity index (χ3v) is 3.88. The molecule has 6 heteroatoms. The molecule has 112 valence electrons. The lowest BCUT2D eigenvalue weighted by Crippen LogP contribution is -2.33.